The monoisotopic (exact) mass is 287 g/mol. The van der Waals surface area contributed by atoms with Gasteiger partial charge in [0.1, 0.15) is 0 Å². The van der Waals surface area contributed by atoms with Crippen LogP contribution >= 0.6 is 0 Å². The fourth-order valence-electron chi connectivity index (χ4n) is 2.14. The SMILES string of the molecule is Cc1ccc(NC(=O)N(CCC#N)C2CC2)c(C(=O)O)c1. The number of carbonyl (C=O) groups is 2. The van der Waals surface area contributed by atoms with Crippen LogP contribution in [-0.4, -0.2) is 34.6 Å². The van der Waals surface area contributed by atoms with E-state index in [1.807, 2.05) is 6.07 Å². The fraction of sp³-hybridized carbons (Fsp3) is 0.400. The maximum Gasteiger partial charge on any atom is 0.337 e. The van der Waals surface area contributed by atoms with Crippen molar-refractivity contribution in [2.75, 3.05) is 11.9 Å². The minimum absolute atomic E-state index is 0.0689. The number of nitriles is 1. The number of anilines is 1. The first-order valence-corrected chi connectivity index (χ1v) is 6.81. The number of rotatable bonds is 5. The number of urea groups is 1. The first-order valence-electron chi connectivity index (χ1n) is 6.81. The lowest BCUT2D eigenvalue weighted by molar-refractivity contribution is 0.0698. The highest BCUT2D eigenvalue weighted by molar-refractivity contribution is 6.00. The molecule has 2 amide bonds. The Labute approximate surface area is 123 Å². The molecule has 0 atom stereocenters. The minimum Gasteiger partial charge on any atom is -0.478 e. The summed E-state index contributed by atoms with van der Waals surface area (Å²) in [5.41, 5.74) is 1.16. The third-order valence-electron chi connectivity index (χ3n) is 3.36. The maximum atomic E-state index is 12.3. The topological polar surface area (TPSA) is 93.4 Å². The molecule has 1 aromatic rings. The van der Waals surface area contributed by atoms with Gasteiger partial charge in [-0.3, -0.25) is 0 Å². The van der Waals surface area contributed by atoms with Gasteiger partial charge in [0.05, 0.1) is 23.7 Å². The van der Waals surface area contributed by atoms with Gasteiger partial charge in [-0.1, -0.05) is 11.6 Å². The van der Waals surface area contributed by atoms with Crippen LogP contribution in [0.25, 0.3) is 0 Å². The van der Waals surface area contributed by atoms with E-state index in [0.717, 1.165) is 18.4 Å². The Bertz CT molecular complexity index is 603. The fourth-order valence-corrected chi connectivity index (χ4v) is 2.14. The van der Waals surface area contributed by atoms with E-state index in [-0.39, 0.29) is 29.7 Å². The molecule has 1 fully saturated rings. The highest BCUT2D eigenvalue weighted by atomic mass is 16.4. The number of benzene rings is 1. The van der Waals surface area contributed by atoms with Crippen LogP contribution < -0.4 is 5.32 Å². The standard InChI is InChI=1S/C15H17N3O3/c1-10-3-6-13(12(9-10)14(19)20)17-15(21)18(8-2-7-16)11-4-5-11/h3,6,9,11H,2,4-5,8H2,1H3,(H,17,21)(H,19,20). The van der Waals surface area contributed by atoms with E-state index in [2.05, 4.69) is 5.32 Å². The number of hydrogen-bond acceptors (Lipinski definition) is 3. The molecule has 0 aliphatic heterocycles. The summed E-state index contributed by atoms with van der Waals surface area (Å²) in [6, 6.07) is 6.70. The molecule has 1 aromatic carbocycles. The van der Waals surface area contributed by atoms with Crippen molar-refractivity contribution >= 4 is 17.7 Å². The largest absolute Gasteiger partial charge is 0.478 e. The molecule has 0 aromatic heterocycles. The van der Waals surface area contributed by atoms with Gasteiger partial charge in [0.15, 0.2) is 0 Å². The maximum absolute atomic E-state index is 12.3. The van der Waals surface area contributed by atoms with E-state index in [1.165, 1.54) is 6.07 Å². The Morgan fingerprint density at radius 3 is 2.76 bits per heavy atom. The average molecular weight is 287 g/mol. The number of carbonyl (C=O) groups excluding carboxylic acids is 1. The van der Waals surface area contributed by atoms with Gasteiger partial charge in [0, 0.05) is 12.6 Å². The van der Waals surface area contributed by atoms with E-state index in [1.54, 1.807) is 24.0 Å². The molecule has 2 N–H and O–H groups in total. The van der Waals surface area contributed by atoms with Crippen molar-refractivity contribution in [3.05, 3.63) is 29.3 Å². The molecule has 0 radical (unpaired) electrons. The third-order valence-corrected chi connectivity index (χ3v) is 3.36. The molecule has 0 heterocycles. The lowest BCUT2D eigenvalue weighted by Gasteiger charge is -2.22. The van der Waals surface area contributed by atoms with Crippen molar-refractivity contribution in [2.45, 2.75) is 32.2 Å². The highest BCUT2D eigenvalue weighted by Gasteiger charge is 2.32. The zero-order chi connectivity index (χ0) is 15.4. The lowest BCUT2D eigenvalue weighted by atomic mass is 10.1. The van der Waals surface area contributed by atoms with Gasteiger partial charge < -0.3 is 15.3 Å². The second-order valence-corrected chi connectivity index (χ2v) is 5.12. The van der Waals surface area contributed by atoms with Crippen LogP contribution in [0.4, 0.5) is 10.5 Å². The van der Waals surface area contributed by atoms with Crippen molar-refractivity contribution in [2.24, 2.45) is 0 Å². The zero-order valence-electron chi connectivity index (χ0n) is 11.8. The van der Waals surface area contributed by atoms with E-state index in [9.17, 15) is 14.7 Å². The first kappa shape index (κ1) is 14.9. The molecule has 0 bridgehead atoms. The number of nitrogens with one attached hydrogen (secondary N) is 1. The molecule has 21 heavy (non-hydrogen) atoms. The average Bonchev–Trinajstić information content (AvgIpc) is 3.25. The normalized spacial score (nSPS) is 13.3. The van der Waals surface area contributed by atoms with Crippen LogP contribution in [0.1, 0.15) is 35.2 Å². The van der Waals surface area contributed by atoms with E-state index in [0.29, 0.717) is 6.54 Å². The van der Waals surface area contributed by atoms with Crippen LogP contribution in [0.15, 0.2) is 18.2 Å². The van der Waals surface area contributed by atoms with Crippen molar-refractivity contribution in [1.82, 2.24) is 4.90 Å². The van der Waals surface area contributed by atoms with Crippen LogP contribution in [-0.2, 0) is 0 Å². The molecule has 1 aliphatic rings. The molecule has 6 nitrogen and oxygen atoms in total. The molecule has 0 spiro atoms. The number of aromatic carboxylic acids is 1. The predicted octanol–water partition coefficient (Wildman–Crippen LogP) is 2.60. The molecule has 0 unspecified atom stereocenters. The van der Waals surface area contributed by atoms with E-state index in [4.69, 9.17) is 5.26 Å². The highest BCUT2D eigenvalue weighted by Crippen LogP contribution is 2.28. The quantitative estimate of drug-likeness (QED) is 0.870. The number of aryl methyl sites for hydroxylation is 1. The van der Waals surface area contributed by atoms with Crippen molar-refractivity contribution in [1.29, 1.82) is 5.26 Å². The Balaban J connectivity index is 2.14. The van der Waals surface area contributed by atoms with E-state index < -0.39 is 5.97 Å². The Hall–Kier alpha value is -2.55. The van der Waals surface area contributed by atoms with Gasteiger partial charge in [0.25, 0.3) is 0 Å². The molecular formula is C15H17N3O3. The Morgan fingerprint density at radius 2 is 2.19 bits per heavy atom. The number of carboxylic acid groups (broad SMARTS) is 1. The van der Waals surface area contributed by atoms with Gasteiger partial charge in [-0.15, -0.1) is 0 Å². The number of nitrogens with zero attached hydrogens (tertiary/aromatic N) is 2. The molecule has 0 saturated heterocycles. The lowest BCUT2D eigenvalue weighted by Crippen LogP contribution is -2.37. The van der Waals surface area contributed by atoms with Gasteiger partial charge in [0.2, 0.25) is 0 Å². The molecule has 110 valence electrons. The first-order chi connectivity index (χ1) is 10.0. The predicted molar refractivity (Wildman–Crippen MR) is 77.1 cm³/mol. The van der Waals surface area contributed by atoms with Crippen LogP contribution in [0.5, 0.6) is 0 Å². The summed E-state index contributed by atoms with van der Waals surface area (Å²) < 4.78 is 0. The minimum atomic E-state index is -1.08. The summed E-state index contributed by atoms with van der Waals surface area (Å²) in [6.45, 7) is 2.16. The number of hydrogen-bond donors (Lipinski definition) is 2. The van der Waals surface area contributed by atoms with Crippen molar-refractivity contribution in [3.8, 4) is 6.07 Å². The summed E-state index contributed by atoms with van der Waals surface area (Å²) in [5, 5.41) is 20.5. The molecule has 2 rings (SSSR count). The molecular weight excluding hydrogens is 270 g/mol. The summed E-state index contributed by atoms with van der Waals surface area (Å²) in [4.78, 5) is 25.1. The van der Waals surface area contributed by atoms with Crippen LogP contribution in [0.2, 0.25) is 0 Å². The van der Waals surface area contributed by atoms with Gasteiger partial charge in [-0.2, -0.15) is 5.26 Å². The zero-order valence-corrected chi connectivity index (χ0v) is 11.8. The van der Waals surface area contributed by atoms with Crippen molar-refractivity contribution in [3.63, 3.8) is 0 Å². The Morgan fingerprint density at radius 1 is 1.48 bits per heavy atom. The second-order valence-electron chi connectivity index (χ2n) is 5.12. The summed E-state index contributed by atoms with van der Waals surface area (Å²) in [6.07, 6.45) is 2.13. The summed E-state index contributed by atoms with van der Waals surface area (Å²) in [7, 11) is 0. The number of amides is 2. The third kappa shape index (κ3) is 3.72. The smallest absolute Gasteiger partial charge is 0.337 e. The van der Waals surface area contributed by atoms with Gasteiger partial charge in [-0.05, 0) is 31.9 Å². The number of carboxylic acids is 1. The second kappa shape index (κ2) is 6.27. The van der Waals surface area contributed by atoms with E-state index >= 15 is 0 Å². The molecule has 1 aliphatic carbocycles. The van der Waals surface area contributed by atoms with Crippen LogP contribution in [0, 0.1) is 18.3 Å². The molecule has 6 heteroatoms. The van der Waals surface area contributed by atoms with Gasteiger partial charge >= 0.3 is 12.0 Å². The van der Waals surface area contributed by atoms with Gasteiger partial charge in [-0.25, -0.2) is 9.59 Å². The molecule has 1 saturated carbocycles. The van der Waals surface area contributed by atoms with Crippen LogP contribution in [0.3, 0.4) is 0 Å². The van der Waals surface area contributed by atoms with Crippen molar-refractivity contribution < 1.29 is 14.7 Å². The summed E-state index contributed by atoms with van der Waals surface area (Å²) >= 11 is 0. The summed E-state index contributed by atoms with van der Waals surface area (Å²) in [5.74, 6) is -1.08. The Kier molecular flexibility index (Phi) is 4.43.